The molecule has 1 N–H and O–H groups in total. The van der Waals surface area contributed by atoms with Gasteiger partial charge in [0.05, 0.1) is 0 Å². The van der Waals surface area contributed by atoms with Crippen molar-refractivity contribution in [3.05, 3.63) is 0 Å². The van der Waals surface area contributed by atoms with Crippen molar-refractivity contribution >= 4 is 6.09 Å². The summed E-state index contributed by atoms with van der Waals surface area (Å²) in [7, 11) is 0. The molecule has 124 valence electrons. The van der Waals surface area contributed by atoms with Gasteiger partial charge in [-0.3, -0.25) is 0 Å². The summed E-state index contributed by atoms with van der Waals surface area (Å²) in [6.45, 7) is 16.6. The van der Waals surface area contributed by atoms with E-state index in [0.29, 0.717) is 5.92 Å². The van der Waals surface area contributed by atoms with E-state index < -0.39 is 0 Å². The lowest BCUT2D eigenvalue weighted by molar-refractivity contribution is 0.0289. The predicted octanol–water partition coefficient (Wildman–Crippen LogP) is 3.52. The molecule has 2 heterocycles. The number of carbonyl (C=O) groups is 1. The minimum absolute atomic E-state index is 0.170. The van der Waals surface area contributed by atoms with Gasteiger partial charge in [0.1, 0.15) is 5.60 Å². The molecule has 0 aromatic carbocycles. The molecule has 0 aromatic heterocycles. The fourth-order valence-corrected chi connectivity index (χ4v) is 2.67. The molecule has 2 aliphatic rings. The monoisotopic (exact) mass is 298 g/mol. The predicted molar refractivity (Wildman–Crippen MR) is 87.4 cm³/mol. The molecular weight excluding hydrogens is 264 g/mol. The van der Waals surface area contributed by atoms with E-state index in [1.54, 1.807) is 4.90 Å². The molecule has 4 heteroatoms. The molecule has 0 aromatic rings. The molecule has 2 rings (SSSR count). The van der Waals surface area contributed by atoms with Gasteiger partial charge in [-0.2, -0.15) is 0 Å². The number of nitrogens with zero attached hydrogens (tertiary/aromatic N) is 1. The van der Waals surface area contributed by atoms with Crippen molar-refractivity contribution in [2.75, 3.05) is 26.2 Å². The van der Waals surface area contributed by atoms with E-state index in [9.17, 15) is 4.79 Å². The first-order valence-electron chi connectivity index (χ1n) is 8.37. The Balaban J connectivity index is 0.000000235. The van der Waals surface area contributed by atoms with Crippen LogP contribution in [0.25, 0.3) is 0 Å². The topological polar surface area (TPSA) is 41.6 Å². The average molecular weight is 298 g/mol. The third kappa shape index (κ3) is 7.16. The van der Waals surface area contributed by atoms with Gasteiger partial charge >= 0.3 is 6.09 Å². The summed E-state index contributed by atoms with van der Waals surface area (Å²) in [6.07, 6.45) is 2.31. The Morgan fingerprint density at radius 3 is 2.29 bits per heavy atom. The minimum Gasteiger partial charge on any atom is -0.444 e. The highest BCUT2D eigenvalue weighted by atomic mass is 16.6. The minimum atomic E-state index is -0.372. The van der Waals surface area contributed by atoms with Crippen LogP contribution >= 0.6 is 0 Å². The highest BCUT2D eigenvalue weighted by Crippen LogP contribution is 2.18. The maximum Gasteiger partial charge on any atom is 0.410 e. The molecule has 0 bridgehead atoms. The Kier molecular flexibility index (Phi) is 6.98. The van der Waals surface area contributed by atoms with E-state index in [1.807, 2.05) is 20.8 Å². The molecule has 0 aliphatic carbocycles. The molecule has 4 nitrogen and oxygen atoms in total. The molecular formula is C17H34N2O2. The largest absolute Gasteiger partial charge is 0.444 e. The van der Waals surface area contributed by atoms with Gasteiger partial charge < -0.3 is 15.0 Å². The second kappa shape index (κ2) is 8.02. The molecule has 2 saturated heterocycles. The summed E-state index contributed by atoms with van der Waals surface area (Å²) >= 11 is 0. The Morgan fingerprint density at radius 1 is 1.29 bits per heavy atom. The second-order valence-corrected chi connectivity index (χ2v) is 7.82. The maximum atomic E-state index is 11.5. The van der Waals surface area contributed by atoms with Gasteiger partial charge in [0.15, 0.2) is 0 Å². The number of likely N-dealkylation sites (tertiary alicyclic amines) is 1. The molecule has 2 aliphatic heterocycles. The summed E-state index contributed by atoms with van der Waals surface area (Å²) in [5.41, 5.74) is -0.372. The Morgan fingerprint density at radius 2 is 1.95 bits per heavy atom. The Bertz CT molecular complexity index is 317. The van der Waals surface area contributed by atoms with E-state index in [1.165, 1.54) is 19.5 Å². The fourth-order valence-electron chi connectivity index (χ4n) is 2.67. The smallest absolute Gasteiger partial charge is 0.410 e. The number of rotatable bonds is 1. The van der Waals surface area contributed by atoms with Crippen molar-refractivity contribution in [1.82, 2.24) is 10.2 Å². The van der Waals surface area contributed by atoms with Crippen molar-refractivity contribution in [3.63, 3.8) is 0 Å². The van der Waals surface area contributed by atoms with Crippen LogP contribution in [0.4, 0.5) is 4.79 Å². The van der Waals surface area contributed by atoms with E-state index >= 15 is 0 Å². The first kappa shape index (κ1) is 18.3. The standard InChI is InChI=1S/C10H19NO2.C7H15N/c1-8-5-6-11(7-8)9(12)13-10(2,3)4;1-6(2)7-3-4-8-5-7/h8H,5-7H2,1-4H3;6-8H,3-5H2,1-2H3. The van der Waals surface area contributed by atoms with Gasteiger partial charge in [-0.1, -0.05) is 20.8 Å². The zero-order valence-electron chi connectivity index (χ0n) is 14.7. The first-order chi connectivity index (χ1) is 9.69. The molecule has 0 radical (unpaired) electrons. The van der Waals surface area contributed by atoms with E-state index in [2.05, 4.69) is 26.1 Å². The normalized spacial score (nSPS) is 25.8. The zero-order chi connectivity index (χ0) is 16.0. The molecule has 21 heavy (non-hydrogen) atoms. The van der Waals surface area contributed by atoms with E-state index in [-0.39, 0.29) is 11.7 Å². The molecule has 0 spiro atoms. The van der Waals surface area contributed by atoms with Gasteiger partial charge in [0.25, 0.3) is 0 Å². The van der Waals surface area contributed by atoms with Gasteiger partial charge in [-0.25, -0.2) is 4.79 Å². The average Bonchev–Trinajstić information content (AvgIpc) is 2.97. The number of hydrogen-bond acceptors (Lipinski definition) is 3. The number of ether oxygens (including phenoxy) is 1. The van der Waals surface area contributed by atoms with Crippen molar-refractivity contribution < 1.29 is 9.53 Å². The zero-order valence-corrected chi connectivity index (χ0v) is 14.7. The van der Waals surface area contributed by atoms with Gasteiger partial charge in [0.2, 0.25) is 0 Å². The Labute approximate surface area is 130 Å². The molecule has 0 saturated carbocycles. The van der Waals surface area contributed by atoms with Gasteiger partial charge in [0, 0.05) is 13.1 Å². The van der Waals surface area contributed by atoms with E-state index in [4.69, 9.17) is 4.74 Å². The summed E-state index contributed by atoms with van der Waals surface area (Å²) in [4.78, 5) is 13.3. The quantitative estimate of drug-likeness (QED) is 0.805. The van der Waals surface area contributed by atoms with Crippen LogP contribution in [0.1, 0.15) is 54.4 Å². The van der Waals surface area contributed by atoms with Gasteiger partial charge in [-0.05, 0) is 64.5 Å². The van der Waals surface area contributed by atoms with Crippen LogP contribution in [-0.4, -0.2) is 42.8 Å². The Hall–Kier alpha value is -0.770. The summed E-state index contributed by atoms with van der Waals surface area (Å²) < 4.78 is 5.26. The lowest BCUT2D eigenvalue weighted by Crippen LogP contribution is -2.35. The van der Waals surface area contributed by atoms with Crippen molar-refractivity contribution in [2.45, 2.75) is 60.0 Å². The lowest BCUT2D eigenvalue weighted by atomic mass is 9.96. The number of nitrogens with one attached hydrogen (secondary N) is 1. The SMILES string of the molecule is CC(C)C1CCNC1.CC1CCN(C(=O)OC(C)(C)C)C1. The van der Waals surface area contributed by atoms with Crippen LogP contribution in [-0.2, 0) is 4.74 Å². The van der Waals surface area contributed by atoms with Crippen LogP contribution in [0.2, 0.25) is 0 Å². The number of carbonyl (C=O) groups excluding carboxylic acids is 1. The first-order valence-corrected chi connectivity index (χ1v) is 8.37. The van der Waals surface area contributed by atoms with Crippen LogP contribution in [0.5, 0.6) is 0 Å². The van der Waals surface area contributed by atoms with E-state index in [0.717, 1.165) is 31.3 Å². The summed E-state index contributed by atoms with van der Waals surface area (Å²) in [5.74, 6) is 2.45. The van der Waals surface area contributed by atoms with Crippen LogP contribution < -0.4 is 5.32 Å². The molecule has 2 atom stereocenters. The summed E-state index contributed by atoms with van der Waals surface area (Å²) in [5, 5.41) is 3.35. The molecule has 2 fully saturated rings. The highest BCUT2D eigenvalue weighted by molar-refractivity contribution is 5.68. The lowest BCUT2D eigenvalue weighted by Gasteiger charge is -2.24. The number of hydrogen-bond donors (Lipinski definition) is 1. The maximum absolute atomic E-state index is 11.5. The van der Waals surface area contributed by atoms with Crippen molar-refractivity contribution in [1.29, 1.82) is 0 Å². The third-order valence-electron chi connectivity index (χ3n) is 4.12. The van der Waals surface area contributed by atoms with Crippen LogP contribution in [0, 0.1) is 17.8 Å². The third-order valence-corrected chi connectivity index (χ3v) is 4.12. The van der Waals surface area contributed by atoms with Gasteiger partial charge in [-0.15, -0.1) is 0 Å². The number of amides is 1. The molecule has 2 unspecified atom stereocenters. The van der Waals surface area contributed by atoms with Crippen LogP contribution in [0.3, 0.4) is 0 Å². The molecule has 1 amide bonds. The fraction of sp³-hybridized carbons (Fsp3) is 0.941. The van der Waals surface area contributed by atoms with Crippen molar-refractivity contribution in [3.8, 4) is 0 Å². The van der Waals surface area contributed by atoms with Crippen molar-refractivity contribution in [2.24, 2.45) is 17.8 Å². The summed E-state index contributed by atoms with van der Waals surface area (Å²) in [6, 6.07) is 0. The second-order valence-electron chi connectivity index (χ2n) is 7.82. The highest BCUT2D eigenvalue weighted by Gasteiger charge is 2.27. The van der Waals surface area contributed by atoms with Crippen LogP contribution in [0.15, 0.2) is 0 Å².